The van der Waals surface area contributed by atoms with E-state index < -0.39 is 5.97 Å². The van der Waals surface area contributed by atoms with E-state index in [1.54, 1.807) is 6.07 Å². The first-order chi connectivity index (χ1) is 10.6. The lowest BCUT2D eigenvalue weighted by Crippen LogP contribution is -2.27. The number of unbranched alkanes of at least 4 members (excludes halogenated alkanes) is 1. The van der Waals surface area contributed by atoms with Gasteiger partial charge in [0.2, 0.25) is 0 Å². The van der Waals surface area contributed by atoms with Gasteiger partial charge in [-0.3, -0.25) is 0 Å². The SMILES string of the molecule is CCC=CCC1Cc2cc(O)c(CCCC)c(O)c2C(=O)O1. The maximum Gasteiger partial charge on any atom is 0.342 e. The number of phenolic OH excluding ortho intramolecular Hbond substituents is 2. The molecular formula is C18H24O4. The fourth-order valence-corrected chi connectivity index (χ4v) is 2.78. The number of carbonyl (C=O) groups is 1. The van der Waals surface area contributed by atoms with E-state index in [0.29, 0.717) is 30.4 Å². The zero-order valence-electron chi connectivity index (χ0n) is 13.3. The maximum absolute atomic E-state index is 12.2. The van der Waals surface area contributed by atoms with Gasteiger partial charge >= 0.3 is 5.97 Å². The molecule has 1 aromatic rings. The van der Waals surface area contributed by atoms with Crippen molar-refractivity contribution in [3.63, 3.8) is 0 Å². The van der Waals surface area contributed by atoms with E-state index >= 15 is 0 Å². The Labute approximate surface area is 131 Å². The number of esters is 1. The van der Waals surface area contributed by atoms with Crippen molar-refractivity contribution in [3.05, 3.63) is 34.9 Å². The fourth-order valence-electron chi connectivity index (χ4n) is 2.78. The summed E-state index contributed by atoms with van der Waals surface area (Å²) in [6.45, 7) is 4.09. The third-order valence-corrected chi connectivity index (χ3v) is 3.97. The van der Waals surface area contributed by atoms with Gasteiger partial charge in [-0.2, -0.15) is 0 Å². The zero-order valence-corrected chi connectivity index (χ0v) is 13.3. The number of benzene rings is 1. The minimum atomic E-state index is -0.494. The van der Waals surface area contributed by atoms with Gasteiger partial charge in [-0.15, -0.1) is 0 Å². The predicted octanol–water partition coefficient (Wildman–Crippen LogP) is 3.88. The van der Waals surface area contributed by atoms with Crippen LogP contribution in [-0.2, 0) is 17.6 Å². The lowest BCUT2D eigenvalue weighted by Gasteiger charge is -2.25. The molecule has 2 N–H and O–H groups in total. The number of hydrogen-bond acceptors (Lipinski definition) is 4. The number of allylic oxidation sites excluding steroid dienone is 1. The van der Waals surface area contributed by atoms with Gasteiger partial charge in [-0.1, -0.05) is 32.4 Å². The summed E-state index contributed by atoms with van der Waals surface area (Å²) in [6, 6.07) is 1.61. The molecule has 4 nitrogen and oxygen atoms in total. The third kappa shape index (κ3) is 3.43. The molecule has 1 aromatic carbocycles. The van der Waals surface area contributed by atoms with E-state index in [-0.39, 0.29) is 23.2 Å². The van der Waals surface area contributed by atoms with Crippen LogP contribution in [0.1, 0.15) is 61.0 Å². The molecule has 1 atom stereocenters. The number of phenols is 2. The van der Waals surface area contributed by atoms with Crippen LogP contribution >= 0.6 is 0 Å². The van der Waals surface area contributed by atoms with E-state index in [1.807, 2.05) is 26.0 Å². The minimum absolute atomic E-state index is 0.0715. The molecular weight excluding hydrogens is 280 g/mol. The van der Waals surface area contributed by atoms with Crippen LogP contribution < -0.4 is 0 Å². The van der Waals surface area contributed by atoms with Crippen molar-refractivity contribution in [1.29, 1.82) is 0 Å². The fraction of sp³-hybridized carbons (Fsp3) is 0.500. The molecule has 0 radical (unpaired) electrons. The second-order valence-electron chi connectivity index (χ2n) is 5.71. The van der Waals surface area contributed by atoms with E-state index in [0.717, 1.165) is 19.3 Å². The van der Waals surface area contributed by atoms with Gasteiger partial charge in [0, 0.05) is 18.4 Å². The van der Waals surface area contributed by atoms with Gasteiger partial charge in [-0.05, 0) is 30.9 Å². The van der Waals surface area contributed by atoms with Crippen molar-refractivity contribution in [2.45, 2.75) is 58.5 Å². The summed E-state index contributed by atoms with van der Waals surface area (Å²) in [4.78, 5) is 12.2. The van der Waals surface area contributed by atoms with Crippen LogP contribution in [0.25, 0.3) is 0 Å². The van der Waals surface area contributed by atoms with Crippen LogP contribution in [0.5, 0.6) is 11.5 Å². The van der Waals surface area contributed by atoms with E-state index in [2.05, 4.69) is 0 Å². The van der Waals surface area contributed by atoms with Gasteiger partial charge in [-0.25, -0.2) is 4.79 Å². The molecule has 0 saturated carbocycles. The standard InChI is InChI=1S/C18H24O4/c1-3-5-7-8-13-10-12-11-15(19)14(9-6-4-2)17(20)16(12)18(21)22-13/h5,7,11,13,19-20H,3-4,6,8-10H2,1-2H3. The maximum atomic E-state index is 12.2. The van der Waals surface area contributed by atoms with E-state index in [9.17, 15) is 15.0 Å². The highest BCUT2D eigenvalue weighted by atomic mass is 16.5. The predicted molar refractivity (Wildman–Crippen MR) is 85.3 cm³/mol. The Bertz CT molecular complexity index is 575. The Hall–Kier alpha value is -1.97. The van der Waals surface area contributed by atoms with Crippen LogP contribution in [-0.4, -0.2) is 22.3 Å². The van der Waals surface area contributed by atoms with Gasteiger partial charge in [0.05, 0.1) is 0 Å². The topological polar surface area (TPSA) is 66.8 Å². The van der Waals surface area contributed by atoms with Crippen LogP contribution in [0.3, 0.4) is 0 Å². The van der Waals surface area contributed by atoms with Crippen molar-refractivity contribution in [1.82, 2.24) is 0 Å². The molecule has 0 bridgehead atoms. The third-order valence-electron chi connectivity index (χ3n) is 3.97. The Kier molecular flexibility index (Phi) is 5.47. The first kappa shape index (κ1) is 16.4. The summed E-state index contributed by atoms with van der Waals surface area (Å²) in [5.41, 5.74) is 1.34. The molecule has 22 heavy (non-hydrogen) atoms. The number of cyclic esters (lactones) is 1. The Morgan fingerprint density at radius 2 is 2.09 bits per heavy atom. The summed E-state index contributed by atoms with van der Waals surface area (Å²) in [5.74, 6) is -0.537. The van der Waals surface area contributed by atoms with Crippen LogP contribution in [0.15, 0.2) is 18.2 Å². The average Bonchev–Trinajstić information content (AvgIpc) is 2.46. The van der Waals surface area contributed by atoms with E-state index in [1.165, 1.54) is 0 Å². The van der Waals surface area contributed by atoms with Gasteiger partial charge < -0.3 is 14.9 Å². The normalized spacial score (nSPS) is 17.5. The number of fused-ring (bicyclic) bond motifs is 1. The van der Waals surface area contributed by atoms with Crippen molar-refractivity contribution in [2.24, 2.45) is 0 Å². The molecule has 0 aromatic heterocycles. The van der Waals surface area contributed by atoms with Gasteiger partial charge in [0.25, 0.3) is 0 Å². The summed E-state index contributed by atoms with van der Waals surface area (Å²) in [7, 11) is 0. The van der Waals surface area contributed by atoms with Gasteiger partial charge in [0.1, 0.15) is 23.2 Å². The molecule has 1 heterocycles. The number of aromatic hydroxyl groups is 2. The van der Waals surface area contributed by atoms with Crippen LogP contribution in [0.2, 0.25) is 0 Å². The first-order valence-corrected chi connectivity index (χ1v) is 8.01. The molecule has 4 heteroatoms. The second kappa shape index (κ2) is 7.34. The highest BCUT2D eigenvalue weighted by molar-refractivity contribution is 5.96. The Morgan fingerprint density at radius 3 is 2.77 bits per heavy atom. The number of rotatable bonds is 6. The number of hydrogen-bond donors (Lipinski definition) is 2. The minimum Gasteiger partial charge on any atom is -0.508 e. The molecule has 120 valence electrons. The van der Waals surface area contributed by atoms with Crippen molar-refractivity contribution in [3.8, 4) is 11.5 Å². The van der Waals surface area contributed by atoms with Crippen LogP contribution in [0, 0.1) is 0 Å². The highest BCUT2D eigenvalue weighted by Crippen LogP contribution is 2.38. The molecule has 2 rings (SSSR count). The zero-order chi connectivity index (χ0) is 16.1. The smallest absolute Gasteiger partial charge is 0.342 e. The molecule has 0 amide bonds. The largest absolute Gasteiger partial charge is 0.508 e. The molecule has 0 fully saturated rings. The molecule has 1 unspecified atom stereocenters. The molecule has 0 spiro atoms. The monoisotopic (exact) mass is 304 g/mol. The quantitative estimate of drug-likeness (QED) is 0.618. The van der Waals surface area contributed by atoms with Crippen molar-refractivity contribution in [2.75, 3.05) is 0 Å². The van der Waals surface area contributed by atoms with Crippen LogP contribution in [0.4, 0.5) is 0 Å². The lowest BCUT2D eigenvalue weighted by atomic mass is 9.92. The number of carbonyl (C=O) groups excluding carboxylic acids is 1. The summed E-state index contributed by atoms with van der Waals surface area (Å²) < 4.78 is 5.41. The average molecular weight is 304 g/mol. The highest BCUT2D eigenvalue weighted by Gasteiger charge is 2.31. The van der Waals surface area contributed by atoms with Crippen molar-refractivity contribution >= 4 is 5.97 Å². The summed E-state index contributed by atoms with van der Waals surface area (Å²) >= 11 is 0. The lowest BCUT2D eigenvalue weighted by molar-refractivity contribution is 0.0260. The Morgan fingerprint density at radius 1 is 1.32 bits per heavy atom. The van der Waals surface area contributed by atoms with Gasteiger partial charge in [0.15, 0.2) is 0 Å². The molecule has 0 aliphatic carbocycles. The first-order valence-electron chi connectivity index (χ1n) is 8.01. The molecule has 1 aliphatic rings. The molecule has 1 aliphatic heterocycles. The number of ether oxygens (including phenoxy) is 1. The Balaban J connectivity index is 2.28. The summed E-state index contributed by atoms with van der Waals surface area (Å²) in [6.07, 6.45) is 8.26. The van der Waals surface area contributed by atoms with Crippen molar-refractivity contribution < 1.29 is 19.7 Å². The summed E-state index contributed by atoms with van der Waals surface area (Å²) in [5, 5.41) is 20.5. The second-order valence-corrected chi connectivity index (χ2v) is 5.71. The molecule has 0 saturated heterocycles. The van der Waals surface area contributed by atoms with E-state index in [4.69, 9.17) is 4.74 Å².